The van der Waals surface area contributed by atoms with Crippen molar-refractivity contribution in [1.29, 1.82) is 0 Å². The van der Waals surface area contributed by atoms with Crippen LogP contribution in [0.4, 0.5) is 0 Å². The molecule has 1 aliphatic heterocycles. The molecule has 0 aromatic carbocycles. The molecule has 0 bridgehead atoms. The van der Waals surface area contributed by atoms with Crippen LogP contribution in [0.3, 0.4) is 0 Å². The molecule has 1 amide bonds. The maximum absolute atomic E-state index is 12.4. The fraction of sp³-hybridized carbons (Fsp3) is 0.500. The van der Waals surface area contributed by atoms with Crippen LogP contribution >= 0.6 is 11.3 Å². The van der Waals surface area contributed by atoms with Crippen LogP contribution in [-0.4, -0.2) is 46.8 Å². The second kappa shape index (κ2) is 6.20. The van der Waals surface area contributed by atoms with Gasteiger partial charge in [-0.15, -0.1) is 11.3 Å². The van der Waals surface area contributed by atoms with Gasteiger partial charge in [0.05, 0.1) is 22.4 Å². The third-order valence-electron chi connectivity index (χ3n) is 3.26. The number of aliphatic hydroxyl groups excluding tert-OH is 2. The van der Waals surface area contributed by atoms with Crippen molar-refractivity contribution < 1.29 is 15.0 Å². The van der Waals surface area contributed by atoms with E-state index in [2.05, 4.69) is 11.8 Å². The summed E-state index contributed by atoms with van der Waals surface area (Å²) in [6.45, 7) is 2.45. The van der Waals surface area contributed by atoms with E-state index in [1.54, 1.807) is 4.90 Å². The highest BCUT2D eigenvalue weighted by Gasteiger charge is 2.29. The molecule has 0 saturated carbocycles. The molecular weight excluding hydrogens is 262 g/mol. The van der Waals surface area contributed by atoms with E-state index < -0.39 is 0 Å². The zero-order valence-corrected chi connectivity index (χ0v) is 11.7. The molecule has 0 aliphatic carbocycles. The Kier molecular flexibility index (Phi) is 4.59. The van der Waals surface area contributed by atoms with Gasteiger partial charge in [0, 0.05) is 6.54 Å². The molecule has 4 nitrogen and oxygen atoms in total. The van der Waals surface area contributed by atoms with E-state index in [-0.39, 0.29) is 25.2 Å². The fourth-order valence-electron chi connectivity index (χ4n) is 2.27. The summed E-state index contributed by atoms with van der Waals surface area (Å²) >= 11 is 1.35. The first kappa shape index (κ1) is 14.1. The highest BCUT2D eigenvalue weighted by molar-refractivity contribution is 7.14. The van der Waals surface area contributed by atoms with Gasteiger partial charge in [-0.3, -0.25) is 4.79 Å². The molecule has 2 N–H and O–H groups in total. The normalized spacial score (nSPS) is 18.3. The molecule has 2 rings (SSSR count). The maximum Gasteiger partial charge on any atom is 0.264 e. The summed E-state index contributed by atoms with van der Waals surface area (Å²) in [5.41, 5.74) is 0.953. The number of carbonyl (C=O) groups excluding carboxylic acids is 1. The van der Waals surface area contributed by atoms with Crippen LogP contribution in [-0.2, 0) is 0 Å². The van der Waals surface area contributed by atoms with Gasteiger partial charge in [0.15, 0.2) is 0 Å². The predicted molar refractivity (Wildman–Crippen MR) is 74.2 cm³/mol. The Morgan fingerprint density at radius 3 is 3.05 bits per heavy atom. The van der Waals surface area contributed by atoms with Crippen molar-refractivity contribution >= 4 is 17.2 Å². The molecule has 1 aromatic heterocycles. The first-order valence-electron chi connectivity index (χ1n) is 6.29. The second-order valence-electron chi connectivity index (χ2n) is 4.56. The molecule has 1 aliphatic rings. The van der Waals surface area contributed by atoms with Gasteiger partial charge in [0.2, 0.25) is 0 Å². The number of rotatable bonds is 2. The van der Waals surface area contributed by atoms with Crippen LogP contribution in [0.2, 0.25) is 0 Å². The standard InChI is InChI=1S/C14H17NO3S/c1-10-8-13(19-12(10)5-3-7-16)14(18)15-6-2-4-11(15)9-17/h8,11,16-17H,2,4,6-7,9H2,1H3. The molecule has 2 heterocycles. The topological polar surface area (TPSA) is 60.8 Å². The van der Waals surface area contributed by atoms with E-state index in [0.717, 1.165) is 23.3 Å². The first-order valence-corrected chi connectivity index (χ1v) is 7.11. The van der Waals surface area contributed by atoms with E-state index in [0.29, 0.717) is 11.4 Å². The van der Waals surface area contributed by atoms with Gasteiger partial charge in [-0.1, -0.05) is 11.8 Å². The molecule has 1 fully saturated rings. The van der Waals surface area contributed by atoms with E-state index in [1.807, 2.05) is 13.0 Å². The molecule has 1 saturated heterocycles. The highest BCUT2D eigenvalue weighted by Crippen LogP contribution is 2.26. The molecule has 102 valence electrons. The molecule has 1 unspecified atom stereocenters. The number of carbonyl (C=O) groups is 1. The van der Waals surface area contributed by atoms with Gasteiger partial charge >= 0.3 is 0 Å². The van der Waals surface area contributed by atoms with Crippen molar-refractivity contribution in [1.82, 2.24) is 4.90 Å². The number of amides is 1. The van der Waals surface area contributed by atoms with Crippen LogP contribution in [0.15, 0.2) is 6.07 Å². The average molecular weight is 279 g/mol. The van der Waals surface area contributed by atoms with Gasteiger partial charge < -0.3 is 15.1 Å². The van der Waals surface area contributed by atoms with E-state index in [4.69, 9.17) is 5.11 Å². The summed E-state index contributed by atoms with van der Waals surface area (Å²) < 4.78 is 0. The lowest BCUT2D eigenvalue weighted by atomic mass is 10.2. The van der Waals surface area contributed by atoms with Crippen molar-refractivity contribution in [2.45, 2.75) is 25.8 Å². The Hall–Kier alpha value is -1.35. The molecule has 0 radical (unpaired) electrons. The number of aliphatic hydroxyl groups is 2. The van der Waals surface area contributed by atoms with Crippen molar-refractivity contribution in [3.05, 3.63) is 21.4 Å². The Balaban J connectivity index is 2.20. The molecule has 19 heavy (non-hydrogen) atoms. The van der Waals surface area contributed by atoms with Crippen molar-refractivity contribution in [2.75, 3.05) is 19.8 Å². The second-order valence-corrected chi connectivity index (χ2v) is 5.61. The summed E-state index contributed by atoms with van der Waals surface area (Å²) in [6, 6.07) is 1.78. The van der Waals surface area contributed by atoms with Crippen LogP contribution in [0.1, 0.15) is 33.0 Å². The number of aryl methyl sites for hydroxylation is 1. The van der Waals surface area contributed by atoms with Crippen molar-refractivity contribution in [3.8, 4) is 11.8 Å². The lowest BCUT2D eigenvalue weighted by molar-refractivity contribution is 0.0682. The average Bonchev–Trinajstić information content (AvgIpc) is 3.02. The molecule has 1 aromatic rings. The van der Waals surface area contributed by atoms with Crippen LogP contribution in [0.25, 0.3) is 0 Å². The zero-order valence-electron chi connectivity index (χ0n) is 10.8. The van der Waals surface area contributed by atoms with Crippen LogP contribution in [0.5, 0.6) is 0 Å². The van der Waals surface area contributed by atoms with Crippen LogP contribution < -0.4 is 0 Å². The SMILES string of the molecule is Cc1cc(C(=O)N2CCCC2CO)sc1C#CCO. The van der Waals surface area contributed by atoms with Crippen molar-refractivity contribution in [2.24, 2.45) is 0 Å². The zero-order chi connectivity index (χ0) is 13.8. The van der Waals surface area contributed by atoms with E-state index in [9.17, 15) is 9.90 Å². The lowest BCUT2D eigenvalue weighted by Crippen LogP contribution is -2.37. The van der Waals surface area contributed by atoms with Gasteiger partial charge in [-0.05, 0) is 31.4 Å². The minimum atomic E-state index is -0.181. The van der Waals surface area contributed by atoms with E-state index in [1.165, 1.54) is 11.3 Å². The highest BCUT2D eigenvalue weighted by atomic mass is 32.1. The van der Waals surface area contributed by atoms with Crippen molar-refractivity contribution in [3.63, 3.8) is 0 Å². The summed E-state index contributed by atoms with van der Waals surface area (Å²) in [6.07, 6.45) is 1.81. The fourth-order valence-corrected chi connectivity index (χ4v) is 3.27. The number of hydrogen-bond donors (Lipinski definition) is 2. The predicted octanol–water partition coefficient (Wildman–Crippen LogP) is 0.997. The quantitative estimate of drug-likeness (QED) is 0.794. The first-order chi connectivity index (χ1) is 9.17. The summed E-state index contributed by atoms with van der Waals surface area (Å²) in [5.74, 6) is 5.42. The number of hydrogen-bond acceptors (Lipinski definition) is 4. The van der Waals surface area contributed by atoms with Gasteiger partial charge in [-0.25, -0.2) is 0 Å². The van der Waals surface area contributed by atoms with Gasteiger partial charge in [0.1, 0.15) is 6.61 Å². The Bertz CT molecular complexity index is 527. The summed E-state index contributed by atoms with van der Waals surface area (Å²) in [5, 5.41) is 18.0. The summed E-state index contributed by atoms with van der Waals surface area (Å²) in [4.78, 5) is 15.6. The third kappa shape index (κ3) is 2.98. The molecular formula is C14H17NO3S. The molecule has 0 spiro atoms. The smallest absolute Gasteiger partial charge is 0.264 e. The lowest BCUT2D eigenvalue weighted by Gasteiger charge is -2.22. The van der Waals surface area contributed by atoms with Gasteiger partial charge in [0.25, 0.3) is 5.91 Å². The Morgan fingerprint density at radius 1 is 1.58 bits per heavy atom. The monoisotopic (exact) mass is 279 g/mol. The third-order valence-corrected chi connectivity index (χ3v) is 4.40. The number of likely N-dealkylation sites (tertiary alicyclic amines) is 1. The molecule has 5 heteroatoms. The number of thiophene rings is 1. The maximum atomic E-state index is 12.4. The van der Waals surface area contributed by atoms with Gasteiger partial charge in [-0.2, -0.15) is 0 Å². The van der Waals surface area contributed by atoms with E-state index >= 15 is 0 Å². The largest absolute Gasteiger partial charge is 0.394 e. The minimum absolute atomic E-state index is 0.0211. The Labute approximate surface area is 116 Å². The summed E-state index contributed by atoms with van der Waals surface area (Å²) in [7, 11) is 0. The van der Waals surface area contributed by atoms with Crippen LogP contribution in [0, 0.1) is 18.8 Å². The molecule has 1 atom stereocenters. The number of nitrogens with zero attached hydrogens (tertiary/aromatic N) is 1. The Morgan fingerprint density at radius 2 is 2.37 bits per heavy atom. The minimum Gasteiger partial charge on any atom is -0.394 e.